The highest BCUT2D eigenvalue weighted by Crippen LogP contribution is 2.33. The third-order valence-corrected chi connectivity index (χ3v) is 5.68. The molecule has 1 unspecified atom stereocenters. The highest BCUT2D eigenvalue weighted by Gasteiger charge is 2.21. The van der Waals surface area contributed by atoms with E-state index in [0.717, 1.165) is 22.5 Å². The zero-order valence-electron chi connectivity index (χ0n) is 15.2. The van der Waals surface area contributed by atoms with E-state index >= 15 is 0 Å². The molecule has 4 nitrogen and oxygen atoms in total. The number of thiophene rings is 1. The van der Waals surface area contributed by atoms with Crippen LogP contribution in [0.2, 0.25) is 0 Å². The predicted molar refractivity (Wildman–Crippen MR) is 110 cm³/mol. The first-order valence-corrected chi connectivity index (χ1v) is 9.46. The molecule has 0 radical (unpaired) electrons. The van der Waals surface area contributed by atoms with E-state index in [9.17, 15) is 4.79 Å². The summed E-state index contributed by atoms with van der Waals surface area (Å²) >= 11 is 6.97. The van der Waals surface area contributed by atoms with Crippen LogP contribution in [0.3, 0.4) is 0 Å². The van der Waals surface area contributed by atoms with Gasteiger partial charge in [0.2, 0.25) is 0 Å². The number of anilines is 2. The fraction of sp³-hybridized carbons (Fsp3) is 0.368. The standard InChI is InChI=1S/C19H24N2O2S2/c1-6-11(2)14-9-7-8-10-15(14)20-19(24)21-17-16(18(22)23-5)12(3)13(4)25-17/h7-11H,6H2,1-5H3,(H2,20,21,24). The minimum Gasteiger partial charge on any atom is -0.465 e. The minimum atomic E-state index is -0.354. The van der Waals surface area contributed by atoms with Crippen molar-refractivity contribution in [1.82, 2.24) is 0 Å². The van der Waals surface area contributed by atoms with E-state index in [0.29, 0.717) is 21.6 Å². The second kappa shape index (κ2) is 8.45. The summed E-state index contributed by atoms with van der Waals surface area (Å²) in [6.45, 7) is 8.25. The number of esters is 1. The van der Waals surface area contributed by atoms with Crippen LogP contribution in [0.25, 0.3) is 0 Å². The van der Waals surface area contributed by atoms with Crippen LogP contribution < -0.4 is 10.6 Å². The molecule has 25 heavy (non-hydrogen) atoms. The monoisotopic (exact) mass is 376 g/mol. The van der Waals surface area contributed by atoms with Crippen molar-refractivity contribution >= 4 is 45.3 Å². The second-order valence-electron chi connectivity index (χ2n) is 5.95. The maximum atomic E-state index is 12.1. The van der Waals surface area contributed by atoms with E-state index in [4.69, 9.17) is 17.0 Å². The predicted octanol–water partition coefficient (Wildman–Crippen LogP) is 5.47. The van der Waals surface area contributed by atoms with Gasteiger partial charge in [-0.1, -0.05) is 32.0 Å². The average Bonchev–Trinajstić information content (AvgIpc) is 2.87. The number of hydrogen-bond acceptors (Lipinski definition) is 4. The Labute approximate surface area is 158 Å². The van der Waals surface area contributed by atoms with Crippen LogP contribution in [0.15, 0.2) is 24.3 Å². The summed E-state index contributed by atoms with van der Waals surface area (Å²) in [5, 5.41) is 7.59. The van der Waals surface area contributed by atoms with Crippen LogP contribution in [-0.2, 0) is 4.74 Å². The third kappa shape index (κ3) is 4.38. The van der Waals surface area contributed by atoms with Crippen LogP contribution >= 0.6 is 23.6 Å². The molecule has 6 heteroatoms. The molecule has 0 aliphatic heterocycles. The molecule has 0 spiro atoms. The van der Waals surface area contributed by atoms with Gasteiger partial charge in [-0.2, -0.15) is 0 Å². The number of ether oxygens (including phenoxy) is 1. The van der Waals surface area contributed by atoms with Gasteiger partial charge in [0.25, 0.3) is 0 Å². The van der Waals surface area contributed by atoms with Gasteiger partial charge in [0.1, 0.15) is 5.00 Å². The summed E-state index contributed by atoms with van der Waals surface area (Å²) in [5.74, 6) is 0.0792. The van der Waals surface area contributed by atoms with Crippen molar-refractivity contribution in [3.8, 4) is 0 Å². The maximum Gasteiger partial charge on any atom is 0.341 e. The van der Waals surface area contributed by atoms with E-state index < -0.39 is 0 Å². The first-order chi connectivity index (χ1) is 11.9. The third-order valence-electron chi connectivity index (χ3n) is 4.35. The summed E-state index contributed by atoms with van der Waals surface area (Å²) < 4.78 is 4.90. The zero-order valence-corrected chi connectivity index (χ0v) is 16.9. The molecule has 1 atom stereocenters. The second-order valence-corrected chi connectivity index (χ2v) is 7.59. The number of thiocarbonyl (C=S) groups is 1. The van der Waals surface area contributed by atoms with Crippen molar-refractivity contribution < 1.29 is 9.53 Å². The summed E-state index contributed by atoms with van der Waals surface area (Å²) in [5.41, 5.74) is 3.67. The van der Waals surface area contributed by atoms with Crippen molar-refractivity contribution in [2.75, 3.05) is 17.7 Å². The lowest BCUT2D eigenvalue weighted by Gasteiger charge is -2.17. The number of benzene rings is 1. The lowest BCUT2D eigenvalue weighted by Crippen LogP contribution is -2.21. The Balaban J connectivity index is 2.23. The van der Waals surface area contributed by atoms with Crippen LogP contribution in [0.1, 0.15) is 52.5 Å². The van der Waals surface area contributed by atoms with Crippen LogP contribution in [0.5, 0.6) is 0 Å². The Morgan fingerprint density at radius 1 is 1.28 bits per heavy atom. The number of hydrogen-bond donors (Lipinski definition) is 2. The zero-order chi connectivity index (χ0) is 18.6. The van der Waals surface area contributed by atoms with Crippen LogP contribution in [0.4, 0.5) is 10.7 Å². The Morgan fingerprint density at radius 2 is 1.96 bits per heavy atom. The Hall–Kier alpha value is -1.92. The molecule has 0 fully saturated rings. The van der Waals surface area contributed by atoms with Gasteiger partial charge in [-0.25, -0.2) is 4.79 Å². The number of nitrogens with one attached hydrogen (secondary N) is 2. The molecule has 0 aliphatic carbocycles. The highest BCUT2D eigenvalue weighted by molar-refractivity contribution is 7.80. The number of aryl methyl sites for hydroxylation is 1. The number of rotatable bonds is 5. The molecule has 0 aliphatic rings. The molecule has 1 heterocycles. The largest absolute Gasteiger partial charge is 0.465 e. The van der Waals surface area contributed by atoms with E-state index in [1.807, 2.05) is 32.0 Å². The summed E-state index contributed by atoms with van der Waals surface area (Å²) in [7, 11) is 1.39. The summed E-state index contributed by atoms with van der Waals surface area (Å²) in [4.78, 5) is 13.1. The van der Waals surface area contributed by atoms with E-state index in [-0.39, 0.29) is 5.97 Å². The van der Waals surface area contributed by atoms with Gasteiger partial charge in [0, 0.05) is 10.6 Å². The van der Waals surface area contributed by atoms with Gasteiger partial charge < -0.3 is 15.4 Å². The highest BCUT2D eigenvalue weighted by atomic mass is 32.1. The summed E-state index contributed by atoms with van der Waals surface area (Å²) in [6.07, 6.45) is 1.05. The van der Waals surface area contributed by atoms with Crippen LogP contribution in [0, 0.1) is 13.8 Å². The fourth-order valence-corrected chi connectivity index (χ4v) is 3.91. The lowest BCUT2D eigenvalue weighted by atomic mass is 9.97. The smallest absolute Gasteiger partial charge is 0.341 e. The van der Waals surface area contributed by atoms with Gasteiger partial charge in [-0.05, 0) is 55.6 Å². The quantitative estimate of drug-likeness (QED) is 0.535. The molecule has 2 rings (SSSR count). The fourth-order valence-electron chi connectivity index (χ4n) is 2.58. The first-order valence-electron chi connectivity index (χ1n) is 8.24. The topological polar surface area (TPSA) is 50.4 Å². The van der Waals surface area contributed by atoms with E-state index in [1.54, 1.807) is 0 Å². The molecular weight excluding hydrogens is 352 g/mol. The van der Waals surface area contributed by atoms with Crippen molar-refractivity contribution in [1.29, 1.82) is 0 Å². The molecule has 0 bridgehead atoms. The Morgan fingerprint density at radius 3 is 2.60 bits per heavy atom. The van der Waals surface area contributed by atoms with Crippen LogP contribution in [-0.4, -0.2) is 18.2 Å². The Kier molecular flexibility index (Phi) is 6.56. The number of para-hydroxylation sites is 1. The van der Waals surface area contributed by atoms with Gasteiger partial charge >= 0.3 is 5.97 Å². The van der Waals surface area contributed by atoms with Crippen molar-refractivity contribution in [3.05, 3.63) is 45.8 Å². The number of methoxy groups -OCH3 is 1. The van der Waals surface area contributed by atoms with Gasteiger partial charge in [0.05, 0.1) is 12.7 Å². The molecule has 2 N–H and O–H groups in total. The molecule has 1 aromatic carbocycles. The van der Waals surface area contributed by atoms with Gasteiger partial charge in [0.15, 0.2) is 5.11 Å². The van der Waals surface area contributed by atoms with E-state index in [2.05, 4.69) is 30.5 Å². The molecule has 1 aromatic heterocycles. The molecular formula is C19H24N2O2S2. The molecule has 0 amide bonds. The Bertz CT molecular complexity index is 784. The maximum absolute atomic E-state index is 12.1. The molecule has 0 saturated carbocycles. The SMILES string of the molecule is CCC(C)c1ccccc1NC(=S)Nc1sc(C)c(C)c1C(=O)OC. The summed E-state index contributed by atoms with van der Waals surface area (Å²) in [6, 6.07) is 8.14. The number of carbonyl (C=O) groups is 1. The minimum absolute atomic E-state index is 0.354. The normalized spacial score (nSPS) is 11.7. The van der Waals surface area contributed by atoms with Crippen molar-refractivity contribution in [2.45, 2.75) is 40.0 Å². The lowest BCUT2D eigenvalue weighted by molar-refractivity contribution is 0.0601. The average molecular weight is 377 g/mol. The van der Waals surface area contributed by atoms with E-state index in [1.165, 1.54) is 24.0 Å². The van der Waals surface area contributed by atoms with Gasteiger partial charge in [-0.3, -0.25) is 0 Å². The molecule has 134 valence electrons. The molecule has 0 saturated heterocycles. The number of carbonyl (C=O) groups excluding carboxylic acids is 1. The molecule has 2 aromatic rings. The first kappa shape index (κ1) is 19.4. The van der Waals surface area contributed by atoms with Gasteiger partial charge in [-0.15, -0.1) is 11.3 Å². The van der Waals surface area contributed by atoms with Crippen molar-refractivity contribution in [2.24, 2.45) is 0 Å². The van der Waals surface area contributed by atoms with Crippen molar-refractivity contribution in [3.63, 3.8) is 0 Å².